The van der Waals surface area contributed by atoms with Crippen LogP contribution in [-0.4, -0.2) is 40.9 Å². The minimum absolute atomic E-state index is 0.00519. The van der Waals surface area contributed by atoms with Crippen LogP contribution < -0.4 is 9.46 Å². The monoisotopic (exact) mass is 540 g/mol. The lowest BCUT2D eigenvalue weighted by molar-refractivity contribution is 0.0174. The number of benzene rings is 2. The first-order valence-corrected chi connectivity index (χ1v) is 13.5. The summed E-state index contributed by atoms with van der Waals surface area (Å²) < 4.78 is 68.8. The molecule has 186 valence electrons. The van der Waals surface area contributed by atoms with E-state index in [-0.39, 0.29) is 29.0 Å². The van der Waals surface area contributed by atoms with Gasteiger partial charge < -0.3 is 4.74 Å². The largest absolute Gasteiger partial charge is 0.487 e. The fourth-order valence-electron chi connectivity index (χ4n) is 4.71. The molecular formula is C23H23ClF2N4O3S2. The van der Waals surface area contributed by atoms with Crippen molar-refractivity contribution < 1.29 is 21.9 Å². The maximum Gasteiger partial charge on any atom is 0.263 e. The Morgan fingerprint density at radius 3 is 2.63 bits per heavy atom. The summed E-state index contributed by atoms with van der Waals surface area (Å²) in [6.45, 7) is 3.10. The average Bonchev–Trinajstić information content (AvgIpc) is 3.28. The van der Waals surface area contributed by atoms with Crippen molar-refractivity contribution in [1.82, 2.24) is 13.8 Å². The highest BCUT2D eigenvalue weighted by atomic mass is 35.5. The van der Waals surface area contributed by atoms with E-state index in [0.717, 1.165) is 22.7 Å². The zero-order valence-electron chi connectivity index (χ0n) is 19.0. The van der Waals surface area contributed by atoms with Gasteiger partial charge in [0, 0.05) is 29.1 Å². The Hall–Kier alpha value is -2.34. The standard InChI is InChI=1S/C23H23ClF2N4O3S2/c1-22(2)9-18(16-5-3-14(10-25)7-19(16)23(26)11-30(24)12-23)17-6-4-15(8-20(17)33-22)35(31,32)29-21-27-13-28-34-21/h3-8,13,18H,9-12H2,1-2H3,(H,27,28,29). The van der Waals surface area contributed by atoms with Gasteiger partial charge in [0.15, 0.2) is 5.67 Å². The number of alkyl halides is 2. The van der Waals surface area contributed by atoms with Gasteiger partial charge in [-0.15, -0.1) is 0 Å². The lowest BCUT2D eigenvalue weighted by atomic mass is 9.74. The van der Waals surface area contributed by atoms with Gasteiger partial charge >= 0.3 is 0 Å². The molecule has 2 aliphatic rings. The summed E-state index contributed by atoms with van der Waals surface area (Å²) in [6, 6.07) is 9.65. The summed E-state index contributed by atoms with van der Waals surface area (Å²) in [7, 11) is -3.92. The van der Waals surface area contributed by atoms with Crippen molar-refractivity contribution in [1.29, 1.82) is 0 Å². The lowest BCUT2D eigenvalue weighted by Gasteiger charge is -2.44. The Kier molecular flexibility index (Phi) is 6.02. The van der Waals surface area contributed by atoms with Crippen molar-refractivity contribution in [2.24, 2.45) is 0 Å². The third-order valence-electron chi connectivity index (χ3n) is 6.31. The number of rotatable bonds is 6. The number of halogens is 3. The van der Waals surface area contributed by atoms with Gasteiger partial charge in [-0.2, -0.15) is 4.37 Å². The summed E-state index contributed by atoms with van der Waals surface area (Å²) >= 11 is 6.89. The van der Waals surface area contributed by atoms with Crippen molar-refractivity contribution >= 4 is 38.5 Å². The molecule has 1 saturated heterocycles. The molecule has 1 unspecified atom stereocenters. The van der Waals surface area contributed by atoms with Crippen molar-refractivity contribution in [3.05, 3.63) is 65.0 Å². The SMILES string of the molecule is CC1(C)CC(c2ccc(CF)cc2C2(F)CN(Cl)C2)c2ccc(S(=O)(=O)Nc3ncns3)cc2O1. The third-order valence-corrected chi connectivity index (χ3v) is 8.60. The van der Waals surface area contributed by atoms with Gasteiger partial charge in [0.25, 0.3) is 10.0 Å². The van der Waals surface area contributed by atoms with Crippen LogP contribution >= 0.6 is 23.3 Å². The number of sulfonamides is 1. The van der Waals surface area contributed by atoms with E-state index in [1.165, 1.54) is 22.9 Å². The highest BCUT2D eigenvalue weighted by molar-refractivity contribution is 7.93. The summed E-state index contributed by atoms with van der Waals surface area (Å²) in [5, 5.41) is 0.154. The highest BCUT2D eigenvalue weighted by Gasteiger charge is 2.48. The molecule has 1 atom stereocenters. The number of anilines is 1. The number of fused-ring (bicyclic) bond motifs is 1. The molecule has 0 bridgehead atoms. The predicted molar refractivity (Wildman–Crippen MR) is 130 cm³/mol. The second kappa shape index (κ2) is 8.65. The van der Waals surface area contributed by atoms with Crippen LogP contribution in [0.1, 0.15) is 48.4 Å². The number of hydrogen-bond acceptors (Lipinski definition) is 7. The maximum atomic E-state index is 15.8. The molecule has 5 rings (SSSR count). The number of nitrogens with one attached hydrogen (secondary N) is 1. The van der Waals surface area contributed by atoms with Crippen LogP contribution in [0, 0.1) is 0 Å². The minimum Gasteiger partial charge on any atom is -0.487 e. The van der Waals surface area contributed by atoms with Gasteiger partial charge in [0.1, 0.15) is 24.4 Å². The molecule has 0 spiro atoms. The van der Waals surface area contributed by atoms with Crippen LogP contribution in [0.4, 0.5) is 13.9 Å². The number of hydrogen-bond donors (Lipinski definition) is 1. The van der Waals surface area contributed by atoms with E-state index in [1.807, 2.05) is 13.8 Å². The Morgan fingerprint density at radius 1 is 1.23 bits per heavy atom. The number of ether oxygens (including phenoxy) is 1. The Morgan fingerprint density at radius 2 is 1.97 bits per heavy atom. The Balaban J connectivity index is 1.58. The van der Waals surface area contributed by atoms with E-state index in [0.29, 0.717) is 23.3 Å². The first-order chi connectivity index (χ1) is 16.5. The number of nitrogens with zero attached hydrogens (tertiary/aromatic N) is 3. The second-order valence-electron chi connectivity index (χ2n) is 9.47. The molecule has 12 heteroatoms. The van der Waals surface area contributed by atoms with Crippen LogP contribution in [0.2, 0.25) is 0 Å². The first-order valence-electron chi connectivity index (χ1n) is 10.9. The van der Waals surface area contributed by atoms with Gasteiger partial charge in [-0.05, 0) is 60.9 Å². The quantitative estimate of drug-likeness (QED) is 0.436. The van der Waals surface area contributed by atoms with Crippen LogP contribution in [0.5, 0.6) is 5.75 Å². The van der Waals surface area contributed by atoms with Crippen molar-refractivity contribution in [3.63, 3.8) is 0 Å². The van der Waals surface area contributed by atoms with Gasteiger partial charge in [0.05, 0.1) is 18.0 Å². The molecule has 0 saturated carbocycles. The van der Waals surface area contributed by atoms with Gasteiger partial charge in [-0.1, -0.05) is 18.2 Å². The molecule has 1 fully saturated rings. The van der Waals surface area contributed by atoms with Crippen LogP contribution in [0.15, 0.2) is 47.6 Å². The smallest absolute Gasteiger partial charge is 0.263 e. The third kappa shape index (κ3) is 4.62. The molecule has 0 amide bonds. The first kappa shape index (κ1) is 24.4. The molecule has 3 aromatic rings. The molecule has 1 aromatic heterocycles. The van der Waals surface area contributed by atoms with Crippen molar-refractivity contribution in [3.8, 4) is 5.75 Å². The van der Waals surface area contributed by atoms with E-state index < -0.39 is 28.0 Å². The second-order valence-corrected chi connectivity index (χ2v) is 12.4. The fraction of sp³-hybridized carbons (Fsp3) is 0.391. The van der Waals surface area contributed by atoms with Crippen LogP contribution in [0.25, 0.3) is 0 Å². The predicted octanol–water partition coefficient (Wildman–Crippen LogP) is 5.14. The van der Waals surface area contributed by atoms with Gasteiger partial charge in [-0.3, -0.25) is 4.72 Å². The molecule has 0 aliphatic carbocycles. The molecule has 1 N–H and O–H groups in total. The summed E-state index contributed by atoms with van der Waals surface area (Å²) in [4.78, 5) is 3.87. The summed E-state index contributed by atoms with van der Waals surface area (Å²) in [5.74, 6) is 0.106. The van der Waals surface area contributed by atoms with E-state index in [9.17, 15) is 12.8 Å². The van der Waals surface area contributed by atoms with E-state index in [2.05, 4.69) is 14.1 Å². The van der Waals surface area contributed by atoms with Crippen molar-refractivity contribution in [2.45, 2.75) is 49.0 Å². The topological polar surface area (TPSA) is 84.4 Å². The van der Waals surface area contributed by atoms with E-state index in [1.54, 1.807) is 24.3 Å². The number of aromatic nitrogens is 2. The molecular weight excluding hydrogens is 518 g/mol. The molecule has 0 radical (unpaired) electrons. The molecule has 2 aliphatic heterocycles. The molecule has 2 aromatic carbocycles. The zero-order chi connectivity index (χ0) is 25.0. The average molecular weight is 541 g/mol. The van der Waals surface area contributed by atoms with Crippen molar-refractivity contribution in [2.75, 3.05) is 17.8 Å². The fourth-order valence-corrected chi connectivity index (χ4v) is 6.77. The minimum atomic E-state index is -3.92. The maximum absolute atomic E-state index is 15.8. The normalized spacial score (nSPS) is 21.0. The van der Waals surface area contributed by atoms with E-state index >= 15 is 4.39 Å². The zero-order valence-corrected chi connectivity index (χ0v) is 21.4. The summed E-state index contributed by atoms with van der Waals surface area (Å²) in [5.41, 5.74) is -0.101. The van der Waals surface area contributed by atoms with Gasteiger partial charge in [-0.25, -0.2) is 26.6 Å². The Bertz CT molecular complexity index is 1360. The molecule has 35 heavy (non-hydrogen) atoms. The van der Waals surface area contributed by atoms with E-state index in [4.69, 9.17) is 16.5 Å². The molecule has 3 heterocycles. The molecule has 7 nitrogen and oxygen atoms in total. The van der Waals surface area contributed by atoms with Gasteiger partial charge in [0.2, 0.25) is 5.13 Å². The summed E-state index contributed by atoms with van der Waals surface area (Å²) in [6.07, 6.45) is 1.79. The van der Waals surface area contributed by atoms with Crippen LogP contribution in [-0.2, 0) is 22.4 Å². The van der Waals surface area contributed by atoms with Crippen LogP contribution in [0.3, 0.4) is 0 Å². The Labute approximate surface area is 211 Å². The lowest BCUT2D eigenvalue weighted by Crippen LogP contribution is -2.52. The highest BCUT2D eigenvalue weighted by Crippen LogP contribution is 2.49.